The summed E-state index contributed by atoms with van der Waals surface area (Å²) in [6.07, 6.45) is 0. The van der Waals surface area contributed by atoms with Crippen molar-refractivity contribution in [2.24, 2.45) is 0 Å². The summed E-state index contributed by atoms with van der Waals surface area (Å²) in [6, 6.07) is 13.4. The van der Waals surface area contributed by atoms with Crippen molar-refractivity contribution in [1.29, 1.82) is 0 Å². The van der Waals surface area contributed by atoms with Gasteiger partial charge in [0.1, 0.15) is 5.76 Å². The van der Waals surface area contributed by atoms with E-state index in [0.717, 1.165) is 4.90 Å². The average Bonchev–Trinajstić information content (AvgIpc) is 2.87. The van der Waals surface area contributed by atoms with Crippen LogP contribution >= 0.6 is 11.6 Å². The lowest BCUT2D eigenvalue weighted by molar-refractivity contribution is -0.306. The molecule has 1 N–H and O–H groups in total. The van der Waals surface area contributed by atoms with Crippen LogP contribution in [0.2, 0.25) is 5.02 Å². The fourth-order valence-corrected chi connectivity index (χ4v) is 3.05. The molecule has 2 aromatic rings. The maximum absolute atomic E-state index is 12.5. The highest BCUT2D eigenvalue weighted by Gasteiger charge is 2.45. The Labute approximate surface area is 153 Å². The maximum atomic E-state index is 12.5. The van der Waals surface area contributed by atoms with Crippen LogP contribution in [0.1, 0.15) is 17.2 Å². The van der Waals surface area contributed by atoms with E-state index in [0.29, 0.717) is 16.1 Å². The van der Waals surface area contributed by atoms with Crippen molar-refractivity contribution >= 4 is 35.0 Å². The molecule has 6 nitrogen and oxygen atoms in total. The molecule has 7 heteroatoms. The summed E-state index contributed by atoms with van der Waals surface area (Å²) in [5.41, 5.74) is 0.620. The third-order valence-electron chi connectivity index (χ3n) is 4.07. The van der Waals surface area contributed by atoms with Crippen LogP contribution in [-0.4, -0.2) is 34.2 Å². The van der Waals surface area contributed by atoms with E-state index < -0.39 is 30.2 Å². The Balaban J connectivity index is 2.19. The van der Waals surface area contributed by atoms with Gasteiger partial charge in [-0.1, -0.05) is 54.1 Å². The molecule has 1 heterocycles. The first-order valence-electron chi connectivity index (χ1n) is 7.69. The molecule has 0 spiro atoms. The quantitative estimate of drug-likeness (QED) is 0.500. The number of aliphatic carboxylic acids is 1. The first kappa shape index (κ1) is 17.7. The highest BCUT2D eigenvalue weighted by Crippen LogP contribution is 2.39. The average molecular weight is 371 g/mol. The molecule has 1 aliphatic heterocycles. The maximum Gasteiger partial charge on any atom is 0.295 e. The van der Waals surface area contributed by atoms with Crippen molar-refractivity contribution in [3.63, 3.8) is 0 Å². The van der Waals surface area contributed by atoms with E-state index in [9.17, 15) is 24.6 Å². The zero-order chi connectivity index (χ0) is 18.8. The number of benzene rings is 2. The predicted octanol–water partition coefficient (Wildman–Crippen LogP) is 1.51. The Hall–Kier alpha value is -3.12. The molecule has 0 bridgehead atoms. The number of aliphatic hydroxyl groups excluding tert-OH is 1. The zero-order valence-corrected chi connectivity index (χ0v) is 14.1. The van der Waals surface area contributed by atoms with Gasteiger partial charge in [-0.3, -0.25) is 9.59 Å². The summed E-state index contributed by atoms with van der Waals surface area (Å²) in [5, 5.41) is 22.1. The molecular formula is C19H13ClNO5-. The molecule has 1 atom stereocenters. The second-order valence-corrected chi connectivity index (χ2v) is 6.15. The molecule has 0 radical (unpaired) electrons. The molecule has 0 aliphatic carbocycles. The largest absolute Gasteiger partial charge is 0.548 e. The molecule has 0 saturated carbocycles. The van der Waals surface area contributed by atoms with Crippen LogP contribution in [0, 0.1) is 0 Å². The van der Waals surface area contributed by atoms with Crippen molar-refractivity contribution < 1.29 is 24.6 Å². The van der Waals surface area contributed by atoms with Crippen molar-refractivity contribution in [1.82, 2.24) is 4.90 Å². The van der Waals surface area contributed by atoms with E-state index in [1.807, 2.05) is 0 Å². The van der Waals surface area contributed by atoms with Crippen LogP contribution in [0.25, 0.3) is 5.76 Å². The highest BCUT2D eigenvalue weighted by molar-refractivity contribution is 6.46. The van der Waals surface area contributed by atoms with E-state index in [2.05, 4.69) is 0 Å². The SMILES string of the molecule is O=C([O-])CN1C(=O)C(=O)C(=C(O)c2ccccc2)[C@@H]1c1ccc(Cl)cc1. The monoisotopic (exact) mass is 370 g/mol. The molecule has 1 saturated heterocycles. The molecule has 2 aromatic carbocycles. The third-order valence-corrected chi connectivity index (χ3v) is 4.32. The van der Waals surface area contributed by atoms with Gasteiger partial charge in [-0.2, -0.15) is 0 Å². The lowest BCUT2D eigenvalue weighted by Crippen LogP contribution is -2.40. The number of amides is 1. The third kappa shape index (κ3) is 3.19. The Kier molecular flexibility index (Phi) is 4.77. The number of carbonyl (C=O) groups excluding carboxylic acids is 3. The summed E-state index contributed by atoms with van der Waals surface area (Å²) in [5.74, 6) is -3.84. The van der Waals surface area contributed by atoms with Gasteiger partial charge in [-0.05, 0) is 17.7 Å². The number of aliphatic hydroxyl groups is 1. The first-order chi connectivity index (χ1) is 12.4. The topological polar surface area (TPSA) is 97.7 Å². The van der Waals surface area contributed by atoms with E-state index >= 15 is 0 Å². The Morgan fingerprint density at radius 1 is 1.08 bits per heavy atom. The Bertz CT molecular complexity index is 905. The highest BCUT2D eigenvalue weighted by atomic mass is 35.5. The second kappa shape index (κ2) is 7.01. The van der Waals surface area contributed by atoms with Gasteiger partial charge in [-0.15, -0.1) is 0 Å². The van der Waals surface area contributed by atoms with Crippen LogP contribution < -0.4 is 5.11 Å². The van der Waals surface area contributed by atoms with Gasteiger partial charge < -0.3 is 19.9 Å². The number of hydrogen-bond donors (Lipinski definition) is 1. The molecule has 132 valence electrons. The minimum atomic E-state index is -1.51. The van der Waals surface area contributed by atoms with Gasteiger partial charge in [0.15, 0.2) is 0 Å². The first-order valence-corrected chi connectivity index (χ1v) is 8.07. The summed E-state index contributed by atoms with van der Waals surface area (Å²) >= 11 is 5.88. The summed E-state index contributed by atoms with van der Waals surface area (Å²) in [7, 11) is 0. The second-order valence-electron chi connectivity index (χ2n) is 5.72. The van der Waals surface area contributed by atoms with Gasteiger partial charge in [-0.25, -0.2) is 0 Å². The number of halogens is 1. The summed E-state index contributed by atoms with van der Waals surface area (Å²) in [4.78, 5) is 36.8. The van der Waals surface area contributed by atoms with Crippen molar-refractivity contribution in [2.45, 2.75) is 6.04 Å². The number of nitrogens with zero attached hydrogens (tertiary/aromatic N) is 1. The number of ketones is 1. The van der Waals surface area contributed by atoms with Gasteiger partial charge in [0.2, 0.25) is 0 Å². The lowest BCUT2D eigenvalue weighted by Gasteiger charge is -2.25. The van der Waals surface area contributed by atoms with E-state index in [1.54, 1.807) is 54.6 Å². The molecule has 3 rings (SSSR count). The molecular weight excluding hydrogens is 358 g/mol. The molecule has 1 fully saturated rings. The number of hydrogen-bond acceptors (Lipinski definition) is 5. The molecule has 0 aromatic heterocycles. The number of carbonyl (C=O) groups is 3. The van der Waals surface area contributed by atoms with Crippen molar-refractivity contribution in [2.75, 3.05) is 6.54 Å². The summed E-state index contributed by atoms with van der Waals surface area (Å²) in [6.45, 7) is -0.774. The van der Waals surface area contributed by atoms with Crippen LogP contribution in [-0.2, 0) is 14.4 Å². The normalized spacial score (nSPS) is 19.0. The Morgan fingerprint density at radius 3 is 2.27 bits per heavy atom. The summed E-state index contributed by atoms with van der Waals surface area (Å²) < 4.78 is 0. The number of likely N-dealkylation sites (tertiary alicyclic amines) is 1. The minimum absolute atomic E-state index is 0.176. The molecule has 1 amide bonds. The van der Waals surface area contributed by atoms with Crippen LogP contribution in [0.5, 0.6) is 0 Å². The number of carboxylic acid groups (broad SMARTS) is 1. The molecule has 1 aliphatic rings. The fraction of sp³-hybridized carbons (Fsp3) is 0.105. The number of carboxylic acids is 1. The van der Waals surface area contributed by atoms with Crippen molar-refractivity contribution in [3.8, 4) is 0 Å². The standard InChI is InChI=1S/C19H14ClNO5/c20-13-8-6-11(7-9-13)16-15(17(24)12-4-2-1-3-5-12)18(25)19(26)21(16)10-14(22)23/h1-9,16,24H,10H2,(H,22,23)/p-1/t16-/m0/s1. The van der Waals surface area contributed by atoms with Crippen molar-refractivity contribution in [3.05, 3.63) is 76.3 Å². The van der Waals surface area contributed by atoms with E-state index in [-0.39, 0.29) is 11.3 Å². The van der Waals surface area contributed by atoms with Gasteiger partial charge >= 0.3 is 0 Å². The van der Waals surface area contributed by atoms with E-state index in [4.69, 9.17) is 11.6 Å². The minimum Gasteiger partial charge on any atom is -0.548 e. The van der Waals surface area contributed by atoms with Crippen LogP contribution in [0.15, 0.2) is 60.2 Å². The van der Waals surface area contributed by atoms with Gasteiger partial charge in [0, 0.05) is 10.6 Å². The van der Waals surface area contributed by atoms with E-state index in [1.165, 1.54) is 0 Å². The number of Topliss-reactive ketones (excluding diaryl/α,β-unsaturated/α-hetero) is 1. The predicted molar refractivity (Wildman–Crippen MR) is 91.9 cm³/mol. The van der Waals surface area contributed by atoms with Crippen LogP contribution in [0.4, 0.5) is 0 Å². The van der Waals surface area contributed by atoms with Gasteiger partial charge in [0.05, 0.1) is 24.1 Å². The zero-order valence-electron chi connectivity index (χ0n) is 13.4. The smallest absolute Gasteiger partial charge is 0.295 e. The van der Waals surface area contributed by atoms with Crippen LogP contribution in [0.3, 0.4) is 0 Å². The molecule has 0 unspecified atom stereocenters. The van der Waals surface area contributed by atoms with Gasteiger partial charge in [0.25, 0.3) is 11.7 Å². The number of rotatable bonds is 4. The fourth-order valence-electron chi connectivity index (χ4n) is 2.93. The lowest BCUT2D eigenvalue weighted by atomic mass is 9.95. The Morgan fingerprint density at radius 2 is 1.69 bits per heavy atom. The molecule has 26 heavy (non-hydrogen) atoms.